The zero-order valence-electron chi connectivity index (χ0n) is 9.35. The van der Waals surface area contributed by atoms with Gasteiger partial charge in [-0.25, -0.2) is 0 Å². The Hall–Kier alpha value is -0.560. The van der Waals surface area contributed by atoms with Crippen LogP contribution in [0.2, 0.25) is 0 Å². The molecule has 0 rings (SSSR count). The number of hydrogen-bond donors (Lipinski definition) is 1. The van der Waals surface area contributed by atoms with Crippen molar-refractivity contribution in [1.29, 1.82) is 0 Å². The molecular weight excluding hydrogens is 198 g/mol. The Morgan fingerprint density at radius 3 is 1.93 bits per heavy atom. The van der Waals surface area contributed by atoms with E-state index in [-0.39, 0.29) is 0 Å². The fraction of sp³-hybridized carbons (Fsp3) is 1.00. The van der Waals surface area contributed by atoms with Gasteiger partial charge in [0.2, 0.25) is 0 Å². The SMILES string of the molecule is CN=NCCOCCOCCOCCN. The van der Waals surface area contributed by atoms with Gasteiger partial charge in [0.15, 0.2) is 0 Å². The minimum atomic E-state index is 0.551. The molecule has 0 aliphatic carbocycles. The number of nitrogens with zero attached hydrogens (tertiary/aromatic N) is 2. The number of rotatable bonds is 11. The van der Waals surface area contributed by atoms with Crippen molar-refractivity contribution < 1.29 is 14.2 Å². The maximum absolute atomic E-state index is 5.25. The molecule has 0 bridgehead atoms. The molecule has 0 saturated heterocycles. The summed E-state index contributed by atoms with van der Waals surface area (Å²) in [5.74, 6) is 0. The normalized spacial score (nSPS) is 11.3. The zero-order chi connectivity index (χ0) is 11.2. The first kappa shape index (κ1) is 14.4. The van der Waals surface area contributed by atoms with Crippen molar-refractivity contribution in [3.63, 3.8) is 0 Å². The molecule has 6 nitrogen and oxygen atoms in total. The first-order chi connectivity index (χ1) is 7.41. The van der Waals surface area contributed by atoms with E-state index in [9.17, 15) is 0 Å². The van der Waals surface area contributed by atoms with Crippen molar-refractivity contribution in [3.05, 3.63) is 0 Å². The van der Waals surface area contributed by atoms with Gasteiger partial charge in [-0.2, -0.15) is 10.2 Å². The van der Waals surface area contributed by atoms with Crippen LogP contribution in [0, 0.1) is 0 Å². The van der Waals surface area contributed by atoms with Crippen LogP contribution in [0.4, 0.5) is 0 Å². The largest absolute Gasteiger partial charge is 0.378 e. The third kappa shape index (κ3) is 13.4. The lowest BCUT2D eigenvalue weighted by atomic mass is 10.7. The van der Waals surface area contributed by atoms with Gasteiger partial charge in [0.1, 0.15) is 0 Å². The van der Waals surface area contributed by atoms with E-state index in [0.29, 0.717) is 52.7 Å². The molecule has 0 aromatic heterocycles. The Morgan fingerprint density at radius 2 is 1.40 bits per heavy atom. The van der Waals surface area contributed by atoms with Crippen LogP contribution in [0.5, 0.6) is 0 Å². The summed E-state index contributed by atoms with van der Waals surface area (Å²) in [5.41, 5.74) is 5.25. The van der Waals surface area contributed by atoms with E-state index < -0.39 is 0 Å². The molecule has 90 valence electrons. The summed E-state index contributed by atoms with van der Waals surface area (Å²) < 4.78 is 15.6. The van der Waals surface area contributed by atoms with E-state index in [4.69, 9.17) is 19.9 Å². The van der Waals surface area contributed by atoms with E-state index in [1.807, 2.05) is 0 Å². The Bertz CT molecular complexity index is 145. The molecule has 0 amide bonds. The minimum absolute atomic E-state index is 0.551. The first-order valence-electron chi connectivity index (χ1n) is 5.10. The molecular formula is C9H21N3O3. The molecule has 0 aromatic carbocycles. The van der Waals surface area contributed by atoms with Gasteiger partial charge in [-0.3, -0.25) is 0 Å². The Labute approximate surface area is 90.8 Å². The van der Waals surface area contributed by atoms with Crippen LogP contribution >= 0.6 is 0 Å². The van der Waals surface area contributed by atoms with Crippen LogP contribution in [0.3, 0.4) is 0 Å². The molecule has 0 aromatic rings. The fourth-order valence-corrected chi connectivity index (χ4v) is 0.831. The lowest BCUT2D eigenvalue weighted by Gasteiger charge is -2.05. The summed E-state index contributed by atoms with van der Waals surface area (Å²) in [4.78, 5) is 0. The molecule has 15 heavy (non-hydrogen) atoms. The first-order valence-corrected chi connectivity index (χ1v) is 5.10. The van der Waals surface area contributed by atoms with Gasteiger partial charge in [0.25, 0.3) is 0 Å². The molecule has 0 aliphatic rings. The van der Waals surface area contributed by atoms with Crippen molar-refractivity contribution >= 4 is 0 Å². The number of hydrogen-bond acceptors (Lipinski definition) is 6. The second-order valence-corrected chi connectivity index (χ2v) is 2.69. The van der Waals surface area contributed by atoms with Crippen molar-refractivity contribution in [2.75, 3.05) is 59.8 Å². The van der Waals surface area contributed by atoms with Gasteiger partial charge >= 0.3 is 0 Å². The van der Waals surface area contributed by atoms with Crippen molar-refractivity contribution in [2.45, 2.75) is 0 Å². The Morgan fingerprint density at radius 1 is 0.867 bits per heavy atom. The molecule has 0 fully saturated rings. The lowest BCUT2D eigenvalue weighted by Crippen LogP contribution is -2.13. The highest BCUT2D eigenvalue weighted by Crippen LogP contribution is 1.81. The molecule has 0 atom stereocenters. The maximum Gasteiger partial charge on any atom is 0.0832 e. The molecule has 0 radical (unpaired) electrons. The van der Waals surface area contributed by atoms with E-state index in [0.717, 1.165) is 0 Å². The maximum atomic E-state index is 5.25. The monoisotopic (exact) mass is 219 g/mol. The second-order valence-electron chi connectivity index (χ2n) is 2.69. The molecule has 0 aliphatic heterocycles. The van der Waals surface area contributed by atoms with Crippen LogP contribution < -0.4 is 5.73 Å². The summed E-state index contributed by atoms with van der Waals surface area (Å²) in [5, 5.41) is 7.37. The minimum Gasteiger partial charge on any atom is -0.378 e. The summed E-state index contributed by atoms with van der Waals surface area (Å²) in [6.45, 7) is 4.65. The topological polar surface area (TPSA) is 78.4 Å². The number of azo groups is 1. The van der Waals surface area contributed by atoms with E-state index in [2.05, 4.69) is 10.2 Å². The van der Waals surface area contributed by atoms with Crippen molar-refractivity contribution in [1.82, 2.24) is 0 Å². The van der Waals surface area contributed by atoms with Crippen LogP contribution in [0.15, 0.2) is 10.2 Å². The molecule has 2 N–H and O–H groups in total. The lowest BCUT2D eigenvalue weighted by molar-refractivity contribution is 0.0174. The predicted octanol–water partition coefficient (Wildman–Crippen LogP) is 0.0769. The highest BCUT2D eigenvalue weighted by molar-refractivity contribution is 4.37. The number of nitrogens with two attached hydrogens (primary N) is 1. The van der Waals surface area contributed by atoms with E-state index in [1.54, 1.807) is 7.05 Å². The van der Waals surface area contributed by atoms with Crippen LogP contribution in [0.1, 0.15) is 0 Å². The van der Waals surface area contributed by atoms with Gasteiger partial charge in [0, 0.05) is 13.6 Å². The van der Waals surface area contributed by atoms with Crippen LogP contribution in [-0.4, -0.2) is 59.8 Å². The van der Waals surface area contributed by atoms with Crippen molar-refractivity contribution in [2.24, 2.45) is 16.0 Å². The van der Waals surface area contributed by atoms with E-state index >= 15 is 0 Å². The van der Waals surface area contributed by atoms with E-state index in [1.165, 1.54) is 0 Å². The average molecular weight is 219 g/mol. The molecule has 0 unspecified atom stereocenters. The van der Waals surface area contributed by atoms with Gasteiger partial charge in [-0.15, -0.1) is 0 Å². The molecule has 0 heterocycles. The van der Waals surface area contributed by atoms with Crippen LogP contribution in [-0.2, 0) is 14.2 Å². The average Bonchev–Trinajstić information content (AvgIpc) is 2.26. The third-order valence-corrected chi connectivity index (χ3v) is 1.48. The Balaban J connectivity index is 2.86. The summed E-state index contributed by atoms with van der Waals surface area (Å²) in [7, 11) is 1.64. The zero-order valence-corrected chi connectivity index (χ0v) is 9.35. The van der Waals surface area contributed by atoms with Crippen molar-refractivity contribution in [3.8, 4) is 0 Å². The summed E-state index contributed by atoms with van der Waals surface area (Å²) in [6, 6.07) is 0. The highest BCUT2D eigenvalue weighted by atomic mass is 16.5. The smallest absolute Gasteiger partial charge is 0.0832 e. The third-order valence-electron chi connectivity index (χ3n) is 1.48. The van der Waals surface area contributed by atoms with Crippen LogP contribution in [0.25, 0.3) is 0 Å². The molecule has 6 heteroatoms. The predicted molar refractivity (Wildman–Crippen MR) is 57.2 cm³/mol. The molecule has 0 spiro atoms. The molecule has 0 saturated carbocycles. The van der Waals surface area contributed by atoms with Gasteiger partial charge < -0.3 is 19.9 Å². The summed E-state index contributed by atoms with van der Waals surface area (Å²) >= 11 is 0. The van der Waals surface area contributed by atoms with Gasteiger partial charge in [0.05, 0.1) is 46.2 Å². The fourth-order valence-electron chi connectivity index (χ4n) is 0.831. The summed E-state index contributed by atoms with van der Waals surface area (Å²) in [6.07, 6.45) is 0. The Kier molecular flexibility index (Phi) is 12.9. The highest BCUT2D eigenvalue weighted by Gasteiger charge is 1.90. The quantitative estimate of drug-likeness (QED) is 0.394. The second kappa shape index (κ2) is 13.4. The number of ether oxygens (including phenoxy) is 3. The van der Waals surface area contributed by atoms with Gasteiger partial charge in [-0.05, 0) is 0 Å². The standard InChI is InChI=1S/C9H21N3O3/c1-11-12-3-5-14-7-9-15-8-6-13-4-2-10/h2-10H2,1H3. The van der Waals surface area contributed by atoms with Gasteiger partial charge in [-0.1, -0.05) is 0 Å².